The fourth-order valence-corrected chi connectivity index (χ4v) is 1.25. The minimum Gasteiger partial charge on any atom is -0.591 e. The van der Waals surface area contributed by atoms with Crippen molar-refractivity contribution in [2.45, 2.75) is 32.4 Å². The Bertz CT molecular complexity index is 343. The lowest BCUT2D eigenvalue weighted by atomic mass is 10.3. The Morgan fingerprint density at radius 2 is 2.00 bits per heavy atom. The minimum atomic E-state index is -1.24. The van der Waals surface area contributed by atoms with Gasteiger partial charge in [0.25, 0.3) is 0 Å². The molecule has 0 bridgehead atoms. The topological polar surface area (TPSA) is 61.2 Å². The molecule has 0 saturated carbocycles. The smallest absolute Gasteiger partial charge is 0.144 e. The van der Waals surface area contributed by atoms with Crippen molar-refractivity contribution < 1.29 is 4.55 Å². The third kappa shape index (κ3) is 3.97. The summed E-state index contributed by atoms with van der Waals surface area (Å²) in [6, 6.07) is 0. The molecule has 1 rings (SSSR count). The van der Waals surface area contributed by atoms with Crippen LogP contribution in [0, 0.1) is 6.92 Å². The van der Waals surface area contributed by atoms with Crippen LogP contribution in [-0.2, 0) is 11.4 Å². The molecule has 0 radical (unpaired) electrons. The van der Waals surface area contributed by atoms with Gasteiger partial charge < -0.3 is 4.55 Å². The first-order valence-electron chi connectivity index (χ1n) is 4.64. The Kier molecular flexibility index (Phi) is 3.82. The van der Waals surface area contributed by atoms with E-state index in [2.05, 4.69) is 14.4 Å². The van der Waals surface area contributed by atoms with Gasteiger partial charge >= 0.3 is 0 Å². The maximum Gasteiger partial charge on any atom is 0.144 e. The molecule has 0 aromatic carbocycles. The van der Waals surface area contributed by atoms with Crippen molar-refractivity contribution >= 4 is 17.6 Å². The van der Waals surface area contributed by atoms with Gasteiger partial charge in [-0.05, 0) is 27.7 Å². The van der Waals surface area contributed by atoms with Crippen LogP contribution in [-0.4, -0.2) is 25.5 Å². The molecular weight excluding hydrogens is 210 g/mol. The summed E-state index contributed by atoms with van der Waals surface area (Å²) in [5.41, 5.74) is 1.47. The molecule has 0 amide bonds. The zero-order chi connectivity index (χ0) is 11.5. The van der Waals surface area contributed by atoms with Gasteiger partial charge in [0.1, 0.15) is 28.0 Å². The van der Waals surface area contributed by atoms with Crippen molar-refractivity contribution in [1.82, 2.24) is 9.97 Å². The van der Waals surface area contributed by atoms with E-state index in [9.17, 15) is 4.55 Å². The number of rotatable bonds is 2. The SMILES string of the molecule is Cc1cnc(/C=N\[S+]([O-])C(C)(C)C)cn1. The first kappa shape index (κ1) is 12.1. The standard InChI is InChI=1S/C10H15N3OS/c1-8-5-12-9(6-11-8)7-13-15(14)10(2,3)4/h5-7H,1-4H3/b13-7-. The average Bonchev–Trinajstić information content (AvgIpc) is 2.15. The molecule has 1 aromatic heterocycles. The van der Waals surface area contributed by atoms with E-state index in [-0.39, 0.29) is 4.75 Å². The quantitative estimate of drug-likeness (QED) is 0.568. The maximum atomic E-state index is 11.6. The number of hydrogen-bond acceptors (Lipinski definition) is 4. The summed E-state index contributed by atoms with van der Waals surface area (Å²) in [5, 5.41) is 0. The molecule has 4 nitrogen and oxygen atoms in total. The first-order valence-corrected chi connectivity index (χ1v) is 5.75. The van der Waals surface area contributed by atoms with Gasteiger partial charge in [-0.2, -0.15) is 0 Å². The lowest BCUT2D eigenvalue weighted by Crippen LogP contribution is -2.25. The zero-order valence-electron chi connectivity index (χ0n) is 9.39. The summed E-state index contributed by atoms with van der Waals surface area (Å²) in [5.74, 6) is 0. The second-order valence-corrected chi connectivity index (χ2v) is 6.11. The number of hydrogen-bond donors (Lipinski definition) is 0. The van der Waals surface area contributed by atoms with E-state index in [1.807, 2.05) is 27.7 Å². The summed E-state index contributed by atoms with van der Waals surface area (Å²) in [6.07, 6.45) is 4.76. The molecule has 0 aliphatic rings. The normalized spacial score (nSPS) is 14.5. The number of aromatic nitrogens is 2. The monoisotopic (exact) mass is 225 g/mol. The highest BCUT2D eigenvalue weighted by atomic mass is 32.2. The van der Waals surface area contributed by atoms with E-state index in [0.29, 0.717) is 5.69 Å². The van der Waals surface area contributed by atoms with Crippen LogP contribution in [0.4, 0.5) is 0 Å². The second-order valence-electron chi connectivity index (χ2n) is 4.18. The summed E-state index contributed by atoms with van der Waals surface area (Å²) in [4.78, 5) is 8.15. The van der Waals surface area contributed by atoms with Gasteiger partial charge in [-0.25, -0.2) is 0 Å². The molecule has 1 aromatic rings. The Morgan fingerprint density at radius 3 is 2.47 bits per heavy atom. The lowest BCUT2D eigenvalue weighted by Gasteiger charge is -2.17. The molecular formula is C10H15N3OS. The molecule has 0 aliphatic heterocycles. The molecule has 0 fully saturated rings. The van der Waals surface area contributed by atoms with E-state index >= 15 is 0 Å². The molecule has 0 saturated heterocycles. The van der Waals surface area contributed by atoms with E-state index < -0.39 is 11.4 Å². The van der Waals surface area contributed by atoms with Crippen molar-refractivity contribution in [2.24, 2.45) is 4.40 Å². The van der Waals surface area contributed by atoms with E-state index in [4.69, 9.17) is 0 Å². The van der Waals surface area contributed by atoms with Crippen molar-refractivity contribution in [3.63, 3.8) is 0 Å². The summed E-state index contributed by atoms with van der Waals surface area (Å²) in [6.45, 7) is 7.49. The van der Waals surface area contributed by atoms with Gasteiger partial charge in [0, 0.05) is 6.20 Å². The first-order chi connectivity index (χ1) is 6.89. The third-order valence-corrected chi connectivity index (χ3v) is 2.95. The van der Waals surface area contributed by atoms with Gasteiger partial charge in [0.05, 0.1) is 11.9 Å². The van der Waals surface area contributed by atoms with Crippen molar-refractivity contribution in [3.05, 3.63) is 23.8 Å². The molecule has 0 N–H and O–H groups in total. The largest absolute Gasteiger partial charge is 0.591 e. The zero-order valence-corrected chi connectivity index (χ0v) is 10.2. The van der Waals surface area contributed by atoms with Crippen LogP contribution in [0.2, 0.25) is 0 Å². The van der Waals surface area contributed by atoms with Gasteiger partial charge in [-0.1, -0.05) is 4.40 Å². The van der Waals surface area contributed by atoms with Crippen LogP contribution in [0.15, 0.2) is 16.8 Å². The van der Waals surface area contributed by atoms with Crippen molar-refractivity contribution in [1.29, 1.82) is 0 Å². The summed E-state index contributed by atoms with van der Waals surface area (Å²) < 4.78 is 15.2. The van der Waals surface area contributed by atoms with Gasteiger partial charge in [0.2, 0.25) is 0 Å². The highest BCUT2D eigenvalue weighted by Crippen LogP contribution is 2.16. The third-order valence-electron chi connectivity index (χ3n) is 1.61. The molecule has 1 heterocycles. The Labute approximate surface area is 93.2 Å². The molecule has 15 heavy (non-hydrogen) atoms. The van der Waals surface area contributed by atoms with E-state index in [1.54, 1.807) is 12.4 Å². The molecule has 1 atom stereocenters. The Balaban J connectivity index is 2.70. The maximum absolute atomic E-state index is 11.6. The van der Waals surface area contributed by atoms with Crippen LogP contribution in [0.25, 0.3) is 0 Å². The molecule has 0 spiro atoms. The highest BCUT2D eigenvalue weighted by Gasteiger charge is 2.25. The highest BCUT2D eigenvalue weighted by molar-refractivity contribution is 7.91. The van der Waals surface area contributed by atoms with Crippen LogP contribution >= 0.6 is 0 Å². The fraction of sp³-hybridized carbons (Fsp3) is 0.500. The fourth-order valence-electron chi connectivity index (χ4n) is 0.729. The van der Waals surface area contributed by atoms with Crippen LogP contribution in [0.3, 0.4) is 0 Å². The second kappa shape index (κ2) is 4.72. The summed E-state index contributed by atoms with van der Waals surface area (Å²) in [7, 11) is 0. The number of aryl methyl sites for hydroxylation is 1. The van der Waals surface area contributed by atoms with Gasteiger partial charge in [-0.15, -0.1) is 0 Å². The predicted octanol–water partition coefficient (Wildman–Crippen LogP) is 1.67. The number of nitrogens with zero attached hydrogens (tertiary/aromatic N) is 3. The van der Waals surface area contributed by atoms with Gasteiger partial charge in [0.15, 0.2) is 0 Å². The van der Waals surface area contributed by atoms with Gasteiger partial charge in [-0.3, -0.25) is 9.97 Å². The van der Waals surface area contributed by atoms with E-state index in [1.165, 1.54) is 6.21 Å². The molecule has 5 heteroatoms. The van der Waals surface area contributed by atoms with Crippen LogP contribution in [0.1, 0.15) is 32.2 Å². The minimum absolute atomic E-state index is 0.339. The van der Waals surface area contributed by atoms with Crippen LogP contribution in [0.5, 0.6) is 0 Å². The Hall–Kier alpha value is -0.940. The lowest BCUT2D eigenvalue weighted by molar-refractivity contribution is 0.562. The molecule has 0 aliphatic carbocycles. The Morgan fingerprint density at radius 1 is 1.33 bits per heavy atom. The summed E-state index contributed by atoms with van der Waals surface area (Å²) >= 11 is -1.24. The average molecular weight is 225 g/mol. The van der Waals surface area contributed by atoms with Crippen molar-refractivity contribution in [2.75, 3.05) is 0 Å². The van der Waals surface area contributed by atoms with E-state index in [0.717, 1.165) is 5.69 Å². The van der Waals surface area contributed by atoms with Crippen LogP contribution < -0.4 is 0 Å². The predicted molar refractivity (Wildman–Crippen MR) is 62.3 cm³/mol. The van der Waals surface area contributed by atoms with Crippen molar-refractivity contribution in [3.8, 4) is 0 Å². The molecule has 1 unspecified atom stereocenters. The molecule has 82 valence electrons.